The Morgan fingerprint density at radius 1 is 1.06 bits per heavy atom. The molecule has 0 saturated carbocycles. The fourth-order valence-electron chi connectivity index (χ4n) is 2.94. The number of sulfonamides is 1. The fourth-order valence-corrected chi connectivity index (χ4v) is 5.33. The lowest BCUT2D eigenvalue weighted by Gasteiger charge is -2.11. The summed E-state index contributed by atoms with van der Waals surface area (Å²) in [6.45, 7) is 0. The molecule has 0 spiro atoms. The van der Waals surface area contributed by atoms with Crippen LogP contribution in [-0.4, -0.2) is 24.0 Å². The third kappa shape index (κ3) is 4.51. The summed E-state index contributed by atoms with van der Waals surface area (Å²) >= 11 is 6.43. The van der Waals surface area contributed by atoms with Gasteiger partial charge in [-0.15, -0.1) is 11.3 Å². The summed E-state index contributed by atoms with van der Waals surface area (Å²) in [5.74, 6) is -1.80. The Kier molecular flexibility index (Phi) is 5.78. The lowest BCUT2D eigenvalue weighted by molar-refractivity contribution is 0.256. The van der Waals surface area contributed by atoms with E-state index in [0.29, 0.717) is 4.57 Å². The first kappa shape index (κ1) is 22.6. The first-order chi connectivity index (χ1) is 15.5. The Bertz CT molecular complexity index is 1650. The summed E-state index contributed by atoms with van der Waals surface area (Å²) in [6.07, 6.45) is 0. The van der Waals surface area contributed by atoms with Gasteiger partial charge in [-0.25, -0.2) is 36.1 Å². The zero-order valence-electron chi connectivity index (χ0n) is 16.1. The van der Waals surface area contributed by atoms with E-state index in [0.717, 1.165) is 41.7 Å². The van der Waals surface area contributed by atoms with E-state index in [4.69, 9.17) is 11.6 Å². The van der Waals surface area contributed by atoms with Gasteiger partial charge in [0.1, 0.15) is 15.8 Å². The van der Waals surface area contributed by atoms with Crippen molar-refractivity contribution in [2.45, 2.75) is 4.21 Å². The number of aromatic nitrogens is 2. The molecule has 0 saturated heterocycles. The number of hydrogen-bond acceptors (Lipinski definition) is 6. The summed E-state index contributed by atoms with van der Waals surface area (Å²) in [6, 6.07) is 7.50. The molecule has 2 amide bonds. The number of anilines is 1. The molecule has 9 nitrogen and oxygen atoms in total. The van der Waals surface area contributed by atoms with Crippen LogP contribution in [0.1, 0.15) is 0 Å². The van der Waals surface area contributed by atoms with E-state index in [-0.39, 0.29) is 25.1 Å². The van der Waals surface area contributed by atoms with Crippen molar-refractivity contribution in [3.05, 3.63) is 85.3 Å². The number of carbonyl (C=O) groups excluding carboxylic acids is 1. The minimum atomic E-state index is -4.20. The largest absolute Gasteiger partial charge is 0.333 e. The van der Waals surface area contributed by atoms with Crippen LogP contribution in [0, 0.1) is 11.6 Å². The van der Waals surface area contributed by atoms with Gasteiger partial charge in [-0.05, 0) is 48.5 Å². The Labute approximate surface area is 192 Å². The van der Waals surface area contributed by atoms with Crippen LogP contribution in [-0.2, 0) is 10.0 Å². The average Bonchev–Trinajstić information content (AvgIpc) is 3.17. The number of nitrogens with one attached hydrogen (secondary N) is 3. The van der Waals surface area contributed by atoms with E-state index in [1.807, 2.05) is 0 Å². The second-order valence-electron chi connectivity index (χ2n) is 6.54. The monoisotopic (exact) mass is 512 g/mol. The predicted octanol–water partition coefficient (Wildman–Crippen LogP) is 3.18. The molecule has 0 aliphatic rings. The van der Waals surface area contributed by atoms with Crippen molar-refractivity contribution in [2.24, 2.45) is 0 Å². The number of aromatic amines is 1. The molecule has 0 atom stereocenters. The van der Waals surface area contributed by atoms with Gasteiger partial charge in [0.05, 0.1) is 20.9 Å². The quantitative estimate of drug-likeness (QED) is 0.386. The third-order valence-corrected chi connectivity index (χ3v) is 7.40. The van der Waals surface area contributed by atoms with Crippen LogP contribution < -0.4 is 21.3 Å². The Morgan fingerprint density at radius 3 is 2.48 bits per heavy atom. The van der Waals surface area contributed by atoms with Crippen molar-refractivity contribution >= 4 is 55.6 Å². The standard InChI is InChI=1S/C19H11ClF2N4O5S2/c20-15-5-6-16(32-15)33(30,31)25-18(28)23-10-2-4-14(12(22)8-10)26-17(27)11-7-9(21)1-3-13(11)24-19(26)29/h1-8H,(H,24,29)(H2,23,25,28). The highest BCUT2D eigenvalue weighted by Crippen LogP contribution is 2.25. The van der Waals surface area contributed by atoms with Crippen molar-refractivity contribution in [3.8, 4) is 5.69 Å². The van der Waals surface area contributed by atoms with Gasteiger partial charge in [0.15, 0.2) is 0 Å². The average molecular weight is 513 g/mol. The molecule has 0 unspecified atom stereocenters. The second kappa shape index (κ2) is 8.42. The van der Waals surface area contributed by atoms with E-state index in [1.165, 1.54) is 18.2 Å². The molecule has 0 bridgehead atoms. The highest BCUT2D eigenvalue weighted by atomic mass is 35.5. The van der Waals surface area contributed by atoms with Gasteiger partial charge in [0.25, 0.3) is 15.6 Å². The highest BCUT2D eigenvalue weighted by Gasteiger charge is 2.20. The first-order valence-electron chi connectivity index (χ1n) is 8.89. The number of halogens is 3. The zero-order chi connectivity index (χ0) is 23.9. The van der Waals surface area contributed by atoms with Crippen LogP contribution in [0.15, 0.2) is 62.3 Å². The van der Waals surface area contributed by atoms with Gasteiger partial charge in [-0.1, -0.05) is 11.6 Å². The molecular weight excluding hydrogens is 502 g/mol. The van der Waals surface area contributed by atoms with Crippen molar-refractivity contribution < 1.29 is 22.0 Å². The zero-order valence-corrected chi connectivity index (χ0v) is 18.4. The van der Waals surface area contributed by atoms with Gasteiger partial charge in [-0.3, -0.25) is 4.79 Å². The van der Waals surface area contributed by atoms with Gasteiger partial charge >= 0.3 is 11.7 Å². The van der Waals surface area contributed by atoms with E-state index in [2.05, 4.69) is 10.3 Å². The molecule has 0 aliphatic carbocycles. The molecule has 2 heterocycles. The number of hydrogen-bond donors (Lipinski definition) is 3. The van der Waals surface area contributed by atoms with Gasteiger partial charge in [0.2, 0.25) is 0 Å². The van der Waals surface area contributed by atoms with Gasteiger partial charge in [-0.2, -0.15) is 0 Å². The summed E-state index contributed by atoms with van der Waals surface area (Å²) in [7, 11) is -4.20. The van der Waals surface area contributed by atoms with Crippen LogP contribution in [0.4, 0.5) is 19.3 Å². The maximum Gasteiger partial charge on any atom is 0.333 e. The Balaban J connectivity index is 1.62. The molecule has 33 heavy (non-hydrogen) atoms. The van der Waals surface area contributed by atoms with Gasteiger partial charge in [0, 0.05) is 5.69 Å². The van der Waals surface area contributed by atoms with Crippen molar-refractivity contribution in [2.75, 3.05) is 5.32 Å². The van der Waals surface area contributed by atoms with Crippen LogP contribution in [0.25, 0.3) is 16.6 Å². The Morgan fingerprint density at radius 2 is 1.82 bits per heavy atom. The number of fused-ring (bicyclic) bond motifs is 1. The molecule has 0 radical (unpaired) electrons. The molecule has 3 N–H and O–H groups in total. The van der Waals surface area contributed by atoms with Crippen molar-refractivity contribution in [1.29, 1.82) is 0 Å². The molecule has 0 aliphatic heterocycles. The number of rotatable bonds is 4. The van der Waals surface area contributed by atoms with Crippen LogP contribution >= 0.6 is 22.9 Å². The lowest BCUT2D eigenvalue weighted by Crippen LogP contribution is -2.35. The molecule has 14 heteroatoms. The number of thiophene rings is 1. The van der Waals surface area contributed by atoms with E-state index in [9.17, 15) is 31.6 Å². The van der Waals surface area contributed by atoms with E-state index in [1.54, 1.807) is 4.72 Å². The predicted molar refractivity (Wildman–Crippen MR) is 119 cm³/mol. The first-order valence-corrected chi connectivity index (χ1v) is 11.6. The topological polar surface area (TPSA) is 130 Å². The van der Waals surface area contributed by atoms with Crippen molar-refractivity contribution in [3.63, 3.8) is 0 Å². The molecule has 0 fully saturated rings. The minimum absolute atomic E-state index is 0.0752. The van der Waals surface area contributed by atoms with Crippen LogP contribution in [0.5, 0.6) is 0 Å². The highest BCUT2D eigenvalue weighted by molar-refractivity contribution is 7.92. The molecular formula is C19H11ClF2N4O5S2. The normalized spacial score (nSPS) is 11.5. The van der Waals surface area contributed by atoms with Gasteiger partial charge < -0.3 is 10.3 Å². The van der Waals surface area contributed by atoms with E-state index < -0.39 is 44.6 Å². The third-order valence-electron chi connectivity index (χ3n) is 4.35. The smallest absolute Gasteiger partial charge is 0.307 e. The summed E-state index contributed by atoms with van der Waals surface area (Å²) < 4.78 is 54.8. The molecule has 2 aromatic heterocycles. The number of nitrogens with zero attached hydrogens (tertiary/aromatic N) is 1. The lowest BCUT2D eigenvalue weighted by atomic mass is 10.2. The summed E-state index contributed by atoms with van der Waals surface area (Å²) in [5.41, 5.74) is -2.46. The summed E-state index contributed by atoms with van der Waals surface area (Å²) in [5, 5.41) is 1.97. The number of benzene rings is 2. The Hall–Kier alpha value is -3.55. The maximum atomic E-state index is 14.7. The number of urea groups is 1. The maximum absolute atomic E-state index is 14.7. The van der Waals surface area contributed by atoms with Crippen LogP contribution in [0.2, 0.25) is 4.34 Å². The minimum Gasteiger partial charge on any atom is -0.307 e. The van der Waals surface area contributed by atoms with Crippen LogP contribution in [0.3, 0.4) is 0 Å². The second-order valence-corrected chi connectivity index (χ2v) is 10.2. The molecule has 2 aromatic carbocycles. The van der Waals surface area contributed by atoms with E-state index >= 15 is 0 Å². The number of amides is 2. The SMILES string of the molecule is O=C(Nc1ccc(-n2c(=O)[nH]c3ccc(F)cc3c2=O)c(F)c1)NS(=O)(=O)c1ccc(Cl)s1. The number of H-pyrrole nitrogens is 1. The van der Waals surface area contributed by atoms with Crippen molar-refractivity contribution in [1.82, 2.24) is 14.3 Å². The molecule has 170 valence electrons. The fraction of sp³-hybridized carbons (Fsp3) is 0. The molecule has 4 aromatic rings. The molecule has 4 rings (SSSR count). The summed E-state index contributed by atoms with van der Waals surface area (Å²) in [4.78, 5) is 39.4. The number of carbonyl (C=O) groups is 1.